The van der Waals surface area contributed by atoms with Crippen LogP contribution in [-0.4, -0.2) is 49.6 Å². The van der Waals surface area contributed by atoms with E-state index in [1.54, 1.807) is 42.0 Å². The third-order valence-electron chi connectivity index (χ3n) is 7.66. The van der Waals surface area contributed by atoms with Gasteiger partial charge in [-0.3, -0.25) is 4.79 Å². The molecule has 2 aliphatic rings. The fraction of sp³-hybridized carbons (Fsp3) is 0.333. The number of benzene rings is 1. The molecule has 6 rings (SSSR count). The number of aliphatic hydroxyl groups excluding tert-OH is 1. The standard InChI is InChI=1S/C30H29N3O7S2/c1-3-18-19-13-17(40-29(36)38-11-12-41-42-25-7-5-6-10-31-25)8-9-23(19)32-26-20(18)15-33-24(26)14-22-21(27(33)34)16-39-28(35)30(22,37)4-2/h5-10,13-14,28,35,37H,3-4,11-12,15-16H2,1-2H3/t28?,30-/m0/s1. The van der Waals surface area contributed by atoms with Crippen LogP contribution in [0, 0.1) is 0 Å². The number of hydrogen-bond acceptors (Lipinski definition) is 11. The minimum atomic E-state index is -1.69. The first-order valence-corrected chi connectivity index (χ1v) is 16.0. The van der Waals surface area contributed by atoms with Crippen LogP contribution in [-0.2, 0) is 34.6 Å². The highest BCUT2D eigenvalue weighted by molar-refractivity contribution is 8.76. The Kier molecular flexibility index (Phi) is 7.99. The molecule has 2 aliphatic heterocycles. The number of ether oxygens (including phenoxy) is 3. The smallest absolute Gasteiger partial charge is 0.433 e. The number of aliphatic hydroxyl groups is 2. The SMILES string of the molecule is CCc1c2c(nc3ccc(OC(=O)OCCSSc4ccccn4)cc13)-c1cc3c(c(=O)n1C2)COC(O)[C@]3(O)CC. The van der Waals surface area contributed by atoms with Crippen molar-refractivity contribution in [2.24, 2.45) is 0 Å². The van der Waals surface area contributed by atoms with E-state index in [1.807, 2.05) is 25.1 Å². The van der Waals surface area contributed by atoms with Gasteiger partial charge < -0.3 is 29.0 Å². The molecular weight excluding hydrogens is 578 g/mol. The number of rotatable bonds is 8. The molecule has 42 heavy (non-hydrogen) atoms. The highest BCUT2D eigenvalue weighted by Gasteiger charge is 2.44. The van der Waals surface area contributed by atoms with Crippen molar-refractivity contribution >= 4 is 38.6 Å². The molecule has 0 amide bonds. The quantitative estimate of drug-likeness (QED) is 0.109. The van der Waals surface area contributed by atoms with E-state index < -0.39 is 18.0 Å². The molecule has 1 aromatic carbocycles. The molecule has 10 nitrogen and oxygen atoms in total. The van der Waals surface area contributed by atoms with Crippen LogP contribution in [0.2, 0.25) is 0 Å². The minimum absolute atomic E-state index is 0.0805. The largest absolute Gasteiger partial charge is 0.513 e. The van der Waals surface area contributed by atoms with Crippen molar-refractivity contribution in [1.29, 1.82) is 0 Å². The van der Waals surface area contributed by atoms with Crippen LogP contribution in [0.1, 0.15) is 42.5 Å². The molecule has 2 N–H and O–H groups in total. The summed E-state index contributed by atoms with van der Waals surface area (Å²) in [7, 11) is 3.04. The summed E-state index contributed by atoms with van der Waals surface area (Å²) in [5, 5.41) is 23.3. The maximum atomic E-state index is 13.5. The Morgan fingerprint density at radius 2 is 2.07 bits per heavy atom. The Bertz CT molecular complexity index is 1730. The molecule has 1 unspecified atom stereocenters. The topological polar surface area (TPSA) is 133 Å². The van der Waals surface area contributed by atoms with E-state index >= 15 is 0 Å². The van der Waals surface area contributed by atoms with Crippen molar-refractivity contribution in [3.8, 4) is 17.1 Å². The summed E-state index contributed by atoms with van der Waals surface area (Å²) in [6.07, 6.45) is 0.346. The zero-order valence-electron chi connectivity index (χ0n) is 23.0. The second-order valence-corrected chi connectivity index (χ2v) is 12.4. The van der Waals surface area contributed by atoms with Gasteiger partial charge in [-0.05, 0) is 65.6 Å². The van der Waals surface area contributed by atoms with Crippen molar-refractivity contribution in [2.45, 2.75) is 56.8 Å². The molecule has 3 aromatic heterocycles. The maximum absolute atomic E-state index is 13.5. The summed E-state index contributed by atoms with van der Waals surface area (Å²) in [5.74, 6) is 0.913. The first-order chi connectivity index (χ1) is 20.3. The Balaban J connectivity index is 1.23. The maximum Gasteiger partial charge on any atom is 0.513 e. The van der Waals surface area contributed by atoms with Crippen molar-refractivity contribution in [3.05, 3.63) is 81.3 Å². The molecule has 0 saturated heterocycles. The number of pyridine rings is 3. The van der Waals surface area contributed by atoms with Gasteiger partial charge in [-0.25, -0.2) is 14.8 Å². The van der Waals surface area contributed by atoms with Crippen LogP contribution in [0.25, 0.3) is 22.3 Å². The molecule has 0 aliphatic carbocycles. The predicted molar refractivity (Wildman–Crippen MR) is 159 cm³/mol. The predicted octanol–water partition coefficient (Wildman–Crippen LogP) is 4.78. The molecule has 4 aromatic rings. The van der Waals surface area contributed by atoms with Gasteiger partial charge >= 0.3 is 6.16 Å². The molecule has 0 radical (unpaired) electrons. The average Bonchev–Trinajstić information content (AvgIpc) is 3.37. The van der Waals surface area contributed by atoms with Crippen LogP contribution < -0.4 is 10.3 Å². The van der Waals surface area contributed by atoms with Crippen LogP contribution in [0.3, 0.4) is 0 Å². The zero-order chi connectivity index (χ0) is 29.4. The first-order valence-electron chi connectivity index (χ1n) is 13.6. The summed E-state index contributed by atoms with van der Waals surface area (Å²) in [5.41, 5.74) is 2.58. The zero-order valence-corrected chi connectivity index (χ0v) is 24.7. The van der Waals surface area contributed by atoms with Gasteiger partial charge in [0.05, 0.1) is 30.1 Å². The van der Waals surface area contributed by atoms with E-state index in [1.165, 1.54) is 21.6 Å². The fourth-order valence-electron chi connectivity index (χ4n) is 5.50. The number of hydrogen-bond donors (Lipinski definition) is 2. The Hall–Kier alpha value is -3.42. The molecule has 0 bridgehead atoms. The minimum Gasteiger partial charge on any atom is -0.433 e. The van der Waals surface area contributed by atoms with Gasteiger partial charge in [0.1, 0.15) is 23.0 Å². The Labute approximate surface area is 249 Å². The number of aryl methyl sites for hydroxylation is 1. The lowest BCUT2D eigenvalue weighted by molar-refractivity contribution is -0.236. The first kappa shape index (κ1) is 28.7. The van der Waals surface area contributed by atoms with Gasteiger partial charge in [0.15, 0.2) is 6.29 Å². The number of fused-ring (bicyclic) bond motifs is 5. The van der Waals surface area contributed by atoms with Crippen molar-refractivity contribution in [1.82, 2.24) is 14.5 Å². The lowest BCUT2D eigenvalue weighted by Crippen LogP contribution is -2.47. The van der Waals surface area contributed by atoms with Gasteiger partial charge in [0.25, 0.3) is 5.56 Å². The van der Waals surface area contributed by atoms with Crippen molar-refractivity contribution in [2.75, 3.05) is 12.4 Å². The van der Waals surface area contributed by atoms with E-state index in [0.29, 0.717) is 52.5 Å². The third kappa shape index (κ3) is 5.07. The molecular formula is C30H29N3O7S2. The molecule has 2 atom stereocenters. The number of aromatic nitrogens is 3. The van der Waals surface area contributed by atoms with Crippen molar-refractivity contribution in [3.63, 3.8) is 0 Å². The molecule has 0 fully saturated rings. The van der Waals surface area contributed by atoms with Gasteiger partial charge in [0, 0.05) is 34.0 Å². The van der Waals surface area contributed by atoms with Crippen LogP contribution in [0.15, 0.2) is 58.5 Å². The molecule has 0 spiro atoms. The number of nitrogens with zero attached hydrogens (tertiary/aromatic N) is 3. The normalized spacial score (nSPS) is 18.8. The van der Waals surface area contributed by atoms with Crippen LogP contribution in [0.4, 0.5) is 4.79 Å². The summed E-state index contributed by atoms with van der Waals surface area (Å²) in [4.78, 5) is 35.0. The molecule has 0 saturated carbocycles. The van der Waals surface area contributed by atoms with Crippen LogP contribution in [0.5, 0.6) is 5.75 Å². The van der Waals surface area contributed by atoms with Crippen LogP contribution >= 0.6 is 21.6 Å². The summed E-state index contributed by atoms with van der Waals surface area (Å²) >= 11 is 0. The van der Waals surface area contributed by atoms with Gasteiger partial charge in [-0.1, -0.05) is 30.7 Å². The lowest BCUT2D eigenvalue weighted by Gasteiger charge is -2.37. The van der Waals surface area contributed by atoms with E-state index in [9.17, 15) is 19.8 Å². The number of carbonyl (C=O) groups is 1. The van der Waals surface area contributed by atoms with Gasteiger partial charge in [-0.15, -0.1) is 0 Å². The number of carbonyl (C=O) groups excluding carboxylic acids is 1. The highest BCUT2D eigenvalue weighted by atomic mass is 33.1. The molecule has 12 heteroatoms. The Morgan fingerprint density at radius 3 is 2.83 bits per heavy atom. The molecule has 5 heterocycles. The average molecular weight is 608 g/mol. The fourth-order valence-corrected chi connectivity index (χ4v) is 7.21. The summed E-state index contributed by atoms with van der Waals surface area (Å²) < 4.78 is 17.7. The molecule has 218 valence electrons. The second kappa shape index (κ2) is 11.7. The lowest BCUT2D eigenvalue weighted by atomic mass is 9.85. The van der Waals surface area contributed by atoms with Crippen molar-refractivity contribution < 1.29 is 29.2 Å². The van der Waals surface area contributed by atoms with E-state index in [4.69, 9.17) is 19.2 Å². The van der Waals surface area contributed by atoms with E-state index in [2.05, 4.69) is 4.98 Å². The van der Waals surface area contributed by atoms with E-state index in [0.717, 1.165) is 21.5 Å². The monoisotopic (exact) mass is 607 g/mol. The Morgan fingerprint density at radius 1 is 1.21 bits per heavy atom. The summed E-state index contributed by atoms with van der Waals surface area (Å²) in [6.45, 7) is 4.19. The highest BCUT2D eigenvalue weighted by Crippen LogP contribution is 2.41. The third-order valence-corrected chi connectivity index (χ3v) is 9.89. The van der Waals surface area contributed by atoms with Gasteiger partial charge in [0.2, 0.25) is 0 Å². The summed E-state index contributed by atoms with van der Waals surface area (Å²) in [6, 6.07) is 12.7. The second-order valence-electron chi connectivity index (χ2n) is 9.98. The van der Waals surface area contributed by atoms with Gasteiger partial charge in [-0.2, -0.15) is 0 Å². The van der Waals surface area contributed by atoms with E-state index in [-0.39, 0.29) is 25.2 Å².